The number of fused-ring (bicyclic) bond motifs is 7. The first-order valence-electron chi connectivity index (χ1n) is 21.7. The van der Waals surface area contributed by atoms with Crippen LogP contribution in [0.15, 0.2) is 194 Å². The molecule has 0 N–H and O–H groups in total. The van der Waals surface area contributed by atoms with Gasteiger partial charge in [-0.2, -0.15) is 0 Å². The van der Waals surface area contributed by atoms with Crippen LogP contribution in [0.1, 0.15) is 30.5 Å². The molecule has 0 bridgehead atoms. The zero-order valence-corrected chi connectivity index (χ0v) is 36.0. The van der Waals surface area contributed by atoms with Crippen molar-refractivity contribution in [2.45, 2.75) is 25.7 Å². The molecule has 0 atom stereocenters. The van der Waals surface area contributed by atoms with E-state index in [1.807, 2.05) is 11.3 Å². The molecular formula is C58H45N3S. The van der Waals surface area contributed by atoms with Crippen molar-refractivity contribution < 1.29 is 0 Å². The highest BCUT2D eigenvalue weighted by Gasteiger charge is 2.39. The van der Waals surface area contributed by atoms with Crippen LogP contribution in [0.25, 0.3) is 70.5 Å². The summed E-state index contributed by atoms with van der Waals surface area (Å²) < 4.78 is 5.07. The molecule has 1 aliphatic carbocycles. The van der Waals surface area contributed by atoms with Gasteiger partial charge in [-0.05, 0) is 112 Å². The summed E-state index contributed by atoms with van der Waals surface area (Å²) in [5, 5.41) is 2.62. The van der Waals surface area contributed by atoms with Crippen LogP contribution in [0.2, 0.25) is 0 Å². The first kappa shape index (κ1) is 36.7. The van der Waals surface area contributed by atoms with E-state index in [9.17, 15) is 0 Å². The van der Waals surface area contributed by atoms with E-state index in [-0.39, 0.29) is 5.41 Å². The van der Waals surface area contributed by atoms with Crippen molar-refractivity contribution in [1.82, 2.24) is 4.57 Å². The van der Waals surface area contributed by atoms with Gasteiger partial charge in [0.1, 0.15) is 5.82 Å². The van der Waals surface area contributed by atoms with E-state index in [2.05, 4.69) is 229 Å². The second kappa shape index (κ2) is 14.2. The first-order chi connectivity index (χ1) is 30.4. The van der Waals surface area contributed by atoms with Gasteiger partial charge in [0.2, 0.25) is 0 Å². The first-order valence-corrected chi connectivity index (χ1v) is 22.5. The number of likely N-dealkylation sites (N-methyl/N-ethyl adjacent to an activating group) is 1. The number of thiophene rings is 1. The minimum atomic E-state index is -0.213. The van der Waals surface area contributed by atoms with Gasteiger partial charge in [0.25, 0.3) is 0 Å². The topological polar surface area (TPSA) is 11.4 Å². The fraction of sp³-hybridized carbons (Fsp3) is 0.103. The van der Waals surface area contributed by atoms with Crippen LogP contribution >= 0.6 is 11.3 Å². The molecule has 0 saturated heterocycles. The maximum atomic E-state index is 2.50. The maximum absolute atomic E-state index is 2.50. The molecule has 2 aliphatic rings. The van der Waals surface area contributed by atoms with Crippen molar-refractivity contribution >= 4 is 54.4 Å². The number of para-hydroxylation sites is 2. The quantitative estimate of drug-likeness (QED) is 0.159. The fourth-order valence-corrected chi connectivity index (χ4v) is 11.6. The van der Waals surface area contributed by atoms with Crippen LogP contribution in [-0.2, 0) is 11.8 Å². The Kier molecular flexibility index (Phi) is 8.42. The average molecular weight is 816 g/mol. The second-order valence-electron chi connectivity index (χ2n) is 17.4. The number of nitrogens with zero attached hydrogens (tertiary/aromatic N) is 3. The zero-order chi connectivity index (χ0) is 41.5. The van der Waals surface area contributed by atoms with Crippen LogP contribution in [0.3, 0.4) is 0 Å². The summed E-state index contributed by atoms with van der Waals surface area (Å²) in [6.07, 6.45) is 1.06. The third-order valence-corrected chi connectivity index (χ3v) is 14.6. The van der Waals surface area contributed by atoms with E-state index in [1.54, 1.807) is 0 Å². The lowest BCUT2D eigenvalue weighted by Crippen LogP contribution is -2.18. The van der Waals surface area contributed by atoms with Crippen molar-refractivity contribution in [1.29, 1.82) is 0 Å². The largest absolute Gasteiger partial charge is 0.374 e. The Morgan fingerprint density at radius 1 is 0.516 bits per heavy atom. The molecule has 0 radical (unpaired) electrons. The van der Waals surface area contributed by atoms with Gasteiger partial charge < -0.3 is 4.90 Å². The smallest absolute Gasteiger partial charge is 0.122 e. The zero-order valence-electron chi connectivity index (χ0n) is 35.1. The maximum Gasteiger partial charge on any atom is 0.122 e. The van der Waals surface area contributed by atoms with Gasteiger partial charge in [0, 0.05) is 73.1 Å². The number of anilines is 4. The van der Waals surface area contributed by atoms with Crippen LogP contribution in [0, 0.1) is 0 Å². The Bertz CT molecular complexity index is 3340. The van der Waals surface area contributed by atoms with E-state index in [0.29, 0.717) is 0 Å². The lowest BCUT2D eigenvalue weighted by atomic mass is 9.81. The third kappa shape index (κ3) is 5.70. The minimum absolute atomic E-state index is 0.213. The molecular weight excluding hydrogens is 771 g/mol. The minimum Gasteiger partial charge on any atom is -0.374 e. The van der Waals surface area contributed by atoms with Crippen molar-refractivity contribution in [2.24, 2.45) is 0 Å². The van der Waals surface area contributed by atoms with Gasteiger partial charge in [-0.1, -0.05) is 147 Å². The van der Waals surface area contributed by atoms with E-state index in [0.717, 1.165) is 41.5 Å². The van der Waals surface area contributed by atoms with Crippen LogP contribution in [0.4, 0.5) is 22.9 Å². The van der Waals surface area contributed by atoms with Crippen molar-refractivity contribution in [3.8, 4) is 50.3 Å². The normalized spacial score (nSPS) is 13.7. The number of benzene rings is 8. The molecule has 1 aliphatic heterocycles. The number of hydrogen-bond donors (Lipinski definition) is 0. The van der Waals surface area contributed by atoms with Crippen molar-refractivity contribution in [3.05, 3.63) is 211 Å². The molecule has 0 amide bonds. The van der Waals surface area contributed by atoms with Crippen LogP contribution in [0.5, 0.6) is 0 Å². The summed E-state index contributed by atoms with van der Waals surface area (Å²) in [5.74, 6) is 1.07. The van der Waals surface area contributed by atoms with Crippen molar-refractivity contribution in [2.75, 3.05) is 23.4 Å². The molecule has 12 rings (SSSR count). The summed E-state index contributed by atoms with van der Waals surface area (Å²) >= 11 is 1.87. The Morgan fingerprint density at radius 3 is 2.05 bits per heavy atom. The molecule has 0 saturated carbocycles. The molecule has 62 heavy (non-hydrogen) atoms. The molecule has 4 heteroatoms. The molecule has 0 unspecified atom stereocenters. The van der Waals surface area contributed by atoms with Gasteiger partial charge >= 0.3 is 0 Å². The Morgan fingerprint density at radius 2 is 1.21 bits per heavy atom. The lowest BCUT2D eigenvalue weighted by molar-refractivity contribution is 0.660. The van der Waals surface area contributed by atoms with E-state index in [4.69, 9.17) is 0 Å². The number of rotatable bonds is 7. The molecule has 0 fully saturated rings. The van der Waals surface area contributed by atoms with E-state index in [1.165, 1.54) is 81.5 Å². The van der Waals surface area contributed by atoms with Gasteiger partial charge in [0.15, 0.2) is 0 Å². The third-order valence-electron chi connectivity index (χ3n) is 13.4. The SMILES string of the molecule is CN1CCc2cccc(-c3cc(N(c4ccc(-c5ccccc5)cc4)c4ccc(-c5ccc6c(c5)sc5ccccc56)n4-c4ccccc4)cc4c3-c3ccccc3C4(C)C)c21. The summed E-state index contributed by atoms with van der Waals surface area (Å²) in [6.45, 7) is 5.83. The predicted octanol–water partition coefficient (Wildman–Crippen LogP) is 15.6. The Balaban J connectivity index is 1.13. The lowest BCUT2D eigenvalue weighted by Gasteiger charge is -2.31. The Hall–Kier alpha value is -7.14. The molecule has 0 spiro atoms. The summed E-state index contributed by atoms with van der Waals surface area (Å²) in [7, 11) is 2.25. The molecule has 10 aromatic rings. The monoisotopic (exact) mass is 815 g/mol. The van der Waals surface area contributed by atoms with Crippen molar-refractivity contribution in [3.63, 3.8) is 0 Å². The molecule has 3 nitrogen and oxygen atoms in total. The van der Waals surface area contributed by atoms with Gasteiger partial charge in [-0.3, -0.25) is 9.47 Å². The second-order valence-corrected chi connectivity index (χ2v) is 18.5. The number of hydrogen-bond acceptors (Lipinski definition) is 3. The highest BCUT2D eigenvalue weighted by Crippen LogP contribution is 2.56. The fourth-order valence-electron chi connectivity index (χ4n) is 10.4. The summed E-state index contributed by atoms with van der Waals surface area (Å²) in [4.78, 5) is 4.95. The van der Waals surface area contributed by atoms with Gasteiger partial charge in [-0.25, -0.2) is 0 Å². The average Bonchev–Trinajstić information content (AvgIpc) is 4.08. The van der Waals surface area contributed by atoms with Crippen LogP contribution < -0.4 is 9.80 Å². The van der Waals surface area contributed by atoms with E-state index >= 15 is 0 Å². The highest BCUT2D eigenvalue weighted by molar-refractivity contribution is 7.25. The van der Waals surface area contributed by atoms with Crippen LogP contribution in [-0.4, -0.2) is 18.2 Å². The number of aromatic nitrogens is 1. The summed E-state index contributed by atoms with van der Waals surface area (Å²) in [5.41, 5.74) is 18.6. The molecule has 3 heterocycles. The van der Waals surface area contributed by atoms with E-state index < -0.39 is 0 Å². The predicted molar refractivity (Wildman–Crippen MR) is 264 cm³/mol. The molecule has 2 aromatic heterocycles. The molecule has 8 aromatic carbocycles. The highest BCUT2D eigenvalue weighted by atomic mass is 32.1. The van der Waals surface area contributed by atoms with Gasteiger partial charge in [0.05, 0.1) is 5.69 Å². The van der Waals surface area contributed by atoms with Gasteiger partial charge in [-0.15, -0.1) is 11.3 Å². The Labute approximate surface area is 367 Å². The standard InChI is InChI=1S/C58H45N3S/c1-58(2)50-23-12-10-21-48(50)56-49(47-22-14-17-40-33-34-59(3)57(40)47)36-44(37-51(56)58)60(43-28-25-39(26-29-43)38-15-6-4-7-16-38)55-32-31-52(61(55)42-18-8-5-9-19-42)41-27-30-46-45-20-11-13-24-53(45)62-54(46)35-41/h4-32,35-37H,33-34H2,1-3H3. The summed E-state index contributed by atoms with van der Waals surface area (Å²) in [6, 6.07) is 72.1. The molecule has 298 valence electrons.